The predicted octanol–water partition coefficient (Wildman–Crippen LogP) is -4.88. The van der Waals surface area contributed by atoms with Crippen molar-refractivity contribution >= 4 is 0 Å². The van der Waals surface area contributed by atoms with Gasteiger partial charge in [-0.05, 0) is 6.08 Å². The lowest BCUT2D eigenvalue weighted by Crippen LogP contribution is -2.61. The summed E-state index contributed by atoms with van der Waals surface area (Å²) in [6.45, 7) is -0.663. The number of aliphatic hydroxyl groups excluding tert-OH is 7. The van der Waals surface area contributed by atoms with Crippen LogP contribution >= 0.6 is 0 Å². The van der Waals surface area contributed by atoms with Gasteiger partial charge in [0.1, 0.15) is 42.2 Å². The van der Waals surface area contributed by atoms with Crippen molar-refractivity contribution in [2.45, 2.75) is 60.9 Å². The molecule has 0 bridgehead atoms. The van der Waals surface area contributed by atoms with E-state index >= 15 is 0 Å². The van der Waals surface area contributed by atoms with Crippen molar-refractivity contribution in [3.05, 3.63) is 12.3 Å². The van der Waals surface area contributed by atoms with Crippen LogP contribution in [0.4, 0.5) is 0 Å². The highest BCUT2D eigenvalue weighted by Crippen LogP contribution is 2.44. The number of fused-ring (bicyclic) bond motifs is 1. The van der Waals surface area contributed by atoms with Gasteiger partial charge in [0.25, 0.3) is 0 Å². The van der Waals surface area contributed by atoms with E-state index in [2.05, 4.69) is 0 Å². The van der Waals surface area contributed by atoms with Crippen LogP contribution in [0.3, 0.4) is 0 Å². The molecule has 1 aliphatic carbocycles. The average molecular weight is 366 g/mol. The SMILES string of the molecule is OCC1OC(OC2OC=CC3(O)C(O)C(O)C(O)C23)C(O)C(O)C1O. The maximum absolute atomic E-state index is 10.5. The van der Waals surface area contributed by atoms with E-state index in [9.17, 15) is 40.9 Å². The molecule has 1 saturated heterocycles. The van der Waals surface area contributed by atoms with E-state index in [4.69, 9.17) is 14.2 Å². The molecule has 1 saturated carbocycles. The van der Waals surface area contributed by atoms with E-state index in [1.54, 1.807) is 0 Å². The molecule has 11 nitrogen and oxygen atoms in total. The molecule has 2 heterocycles. The fourth-order valence-electron chi connectivity index (χ4n) is 3.47. The molecule has 2 aliphatic heterocycles. The molecule has 0 radical (unpaired) electrons. The molecular formula is C14H22O11. The standard InChI is InChI=1S/C14H22O11/c15-3-4-6(16)8(18)10(20)13(24-4)25-12-5-7(17)9(19)11(21)14(5,22)1-2-23-12/h1-2,4-13,15-22H,3H2. The molecule has 2 fully saturated rings. The van der Waals surface area contributed by atoms with Crippen LogP contribution < -0.4 is 0 Å². The molecule has 0 spiro atoms. The van der Waals surface area contributed by atoms with Crippen LogP contribution in [-0.2, 0) is 14.2 Å². The second-order valence-electron chi connectivity index (χ2n) is 6.48. The second-order valence-corrected chi connectivity index (χ2v) is 6.48. The van der Waals surface area contributed by atoms with E-state index in [0.29, 0.717) is 0 Å². The van der Waals surface area contributed by atoms with Gasteiger partial charge >= 0.3 is 0 Å². The van der Waals surface area contributed by atoms with Crippen LogP contribution in [0.25, 0.3) is 0 Å². The summed E-state index contributed by atoms with van der Waals surface area (Å²) in [7, 11) is 0. The first kappa shape index (κ1) is 18.9. The zero-order valence-electron chi connectivity index (χ0n) is 12.9. The van der Waals surface area contributed by atoms with Gasteiger partial charge in [0, 0.05) is 0 Å². The summed E-state index contributed by atoms with van der Waals surface area (Å²) in [5.74, 6) is -1.32. The summed E-state index contributed by atoms with van der Waals surface area (Å²) >= 11 is 0. The van der Waals surface area contributed by atoms with Crippen molar-refractivity contribution in [3.8, 4) is 0 Å². The van der Waals surface area contributed by atoms with Crippen LogP contribution in [0.15, 0.2) is 12.3 Å². The minimum absolute atomic E-state index is 0.663. The Morgan fingerprint density at radius 3 is 2.20 bits per heavy atom. The summed E-state index contributed by atoms with van der Waals surface area (Å²) in [6.07, 6.45) is -12.1. The minimum atomic E-state index is -2.05. The van der Waals surface area contributed by atoms with Gasteiger partial charge in [-0.2, -0.15) is 0 Å². The topological polar surface area (TPSA) is 190 Å². The van der Waals surface area contributed by atoms with Crippen LogP contribution in [0.1, 0.15) is 0 Å². The summed E-state index contributed by atoms with van der Waals surface area (Å²) in [6, 6.07) is 0. The summed E-state index contributed by atoms with van der Waals surface area (Å²) in [4.78, 5) is 0. The van der Waals surface area contributed by atoms with Crippen molar-refractivity contribution in [2.24, 2.45) is 5.92 Å². The molecule has 11 heteroatoms. The Labute approximate surface area is 141 Å². The second kappa shape index (κ2) is 6.70. The Balaban J connectivity index is 1.79. The fourth-order valence-corrected chi connectivity index (χ4v) is 3.47. The highest BCUT2D eigenvalue weighted by molar-refractivity contribution is 5.20. The highest BCUT2D eigenvalue weighted by Gasteiger charge is 2.63. The molecule has 0 amide bonds. The maximum atomic E-state index is 10.5. The zero-order valence-corrected chi connectivity index (χ0v) is 12.9. The molecule has 144 valence electrons. The summed E-state index contributed by atoms with van der Waals surface area (Å²) < 4.78 is 15.7. The molecule has 8 N–H and O–H groups in total. The number of rotatable bonds is 3. The van der Waals surface area contributed by atoms with Gasteiger partial charge in [-0.3, -0.25) is 0 Å². The lowest BCUT2D eigenvalue weighted by Gasteiger charge is -2.43. The zero-order chi connectivity index (χ0) is 18.5. The number of aliphatic hydroxyl groups is 8. The fraction of sp³-hybridized carbons (Fsp3) is 0.857. The van der Waals surface area contributed by atoms with Crippen molar-refractivity contribution in [2.75, 3.05) is 6.61 Å². The van der Waals surface area contributed by atoms with Crippen LogP contribution in [0.2, 0.25) is 0 Å². The van der Waals surface area contributed by atoms with E-state index in [-0.39, 0.29) is 0 Å². The molecule has 11 atom stereocenters. The lowest BCUT2D eigenvalue weighted by atomic mass is 9.86. The molecule has 11 unspecified atom stereocenters. The number of hydrogen-bond acceptors (Lipinski definition) is 11. The Hall–Kier alpha value is -0.860. The van der Waals surface area contributed by atoms with Gasteiger partial charge in [-0.1, -0.05) is 0 Å². The molecule has 0 aromatic rings. The quantitative estimate of drug-likeness (QED) is 0.239. The highest BCUT2D eigenvalue weighted by atomic mass is 16.8. The molecule has 3 rings (SSSR count). The normalized spacial score (nSPS) is 55.7. The average Bonchev–Trinajstić information content (AvgIpc) is 2.76. The van der Waals surface area contributed by atoms with Gasteiger partial charge in [-0.25, -0.2) is 0 Å². The Morgan fingerprint density at radius 2 is 1.56 bits per heavy atom. The van der Waals surface area contributed by atoms with Gasteiger partial charge in [0.15, 0.2) is 6.29 Å². The molecular weight excluding hydrogens is 344 g/mol. The first-order chi connectivity index (χ1) is 11.7. The van der Waals surface area contributed by atoms with E-state index in [1.165, 1.54) is 0 Å². The number of ether oxygens (including phenoxy) is 3. The largest absolute Gasteiger partial charge is 0.472 e. The summed E-state index contributed by atoms with van der Waals surface area (Å²) in [5, 5.41) is 79.0. The molecule has 0 aromatic carbocycles. The third-order valence-electron chi connectivity index (χ3n) is 5.01. The van der Waals surface area contributed by atoms with E-state index in [1.807, 2.05) is 0 Å². The van der Waals surface area contributed by atoms with E-state index in [0.717, 1.165) is 12.3 Å². The van der Waals surface area contributed by atoms with Gasteiger partial charge in [-0.15, -0.1) is 0 Å². The van der Waals surface area contributed by atoms with Crippen molar-refractivity contribution in [1.29, 1.82) is 0 Å². The van der Waals surface area contributed by atoms with Crippen molar-refractivity contribution in [1.82, 2.24) is 0 Å². The van der Waals surface area contributed by atoms with Gasteiger partial charge in [0.2, 0.25) is 6.29 Å². The van der Waals surface area contributed by atoms with Crippen molar-refractivity contribution in [3.63, 3.8) is 0 Å². The third kappa shape index (κ3) is 2.86. The molecule has 0 aromatic heterocycles. The number of hydrogen-bond donors (Lipinski definition) is 8. The first-order valence-electron chi connectivity index (χ1n) is 7.78. The maximum Gasteiger partial charge on any atom is 0.210 e. The minimum Gasteiger partial charge on any atom is -0.472 e. The Bertz CT molecular complexity index is 513. The molecule has 3 aliphatic rings. The third-order valence-corrected chi connectivity index (χ3v) is 5.01. The lowest BCUT2D eigenvalue weighted by molar-refractivity contribution is -0.348. The Morgan fingerprint density at radius 1 is 0.880 bits per heavy atom. The van der Waals surface area contributed by atoms with Gasteiger partial charge < -0.3 is 55.1 Å². The van der Waals surface area contributed by atoms with Crippen LogP contribution in [0, 0.1) is 5.92 Å². The summed E-state index contributed by atoms with van der Waals surface area (Å²) in [5.41, 5.74) is -2.05. The van der Waals surface area contributed by atoms with Crippen molar-refractivity contribution < 1.29 is 55.1 Å². The monoisotopic (exact) mass is 366 g/mol. The molecule has 25 heavy (non-hydrogen) atoms. The van der Waals surface area contributed by atoms with Crippen LogP contribution in [-0.4, -0.2) is 108 Å². The van der Waals surface area contributed by atoms with Crippen LogP contribution in [0.5, 0.6) is 0 Å². The smallest absolute Gasteiger partial charge is 0.210 e. The predicted molar refractivity (Wildman–Crippen MR) is 75.3 cm³/mol. The first-order valence-corrected chi connectivity index (χ1v) is 7.78. The van der Waals surface area contributed by atoms with E-state index < -0.39 is 73.4 Å². The Kier molecular flexibility index (Phi) is 5.07. The van der Waals surface area contributed by atoms with Gasteiger partial charge in [0.05, 0.1) is 24.9 Å².